The lowest BCUT2D eigenvalue weighted by molar-refractivity contribution is -0.128. The third-order valence-corrected chi connectivity index (χ3v) is 9.12. The van der Waals surface area contributed by atoms with Gasteiger partial charge >= 0.3 is 0 Å². The van der Waals surface area contributed by atoms with Crippen molar-refractivity contribution in [1.82, 2.24) is 15.1 Å². The van der Waals surface area contributed by atoms with E-state index in [1.807, 2.05) is 24.3 Å². The van der Waals surface area contributed by atoms with Gasteiger partial charge in [0.05, 0.1) is 11.5 Å². The van der Waals surface area contributed by atoms with Crippen LogP contribution in [0.2, 0.25) is 0 Å². The Labute approximate surface area is 205 Å². The molecule has 1 saturated carbocycles. The van der Waals surface area contributed by atoms with Crippen molar-refractivity contribution in [2.24, 2.45) is 11.8 Å². The van der Waals surface area contributed by atoms with Gasteiger partial charge in [-0.15, -0.1) is 0 Å². The number of benzene rings is 1. The van der Waals surface area contributed by atoms with Crippen LogP contribution in [0.1, 0.15) is 99.9 Å². The van der Waals surface area contributed by atoms with Gasteiger partial charge in [-0.25, -0.2) is 0 Å². The second-order valence-corrected chi connectivity index (χ2v) is 11.7. The number of hydrogen-bond acceptors (Lipinski definition) is 3. The van der Waals surface area contributed by atoms with Gasteiger partial charge in [-0.3, -0.25) is 9.59 Å². The number of hydrogen-bond donors (Lipinski definition) is 1. The lowest BCUT2D eigenvalue weighted by Gasteiger charge is -2.54. The fourth-order valence-corrected chi connectivity index (χ4v) is 7.62. The molecule has 1 aromatic carbocycles. The molecular formula is C29H43N3O2. The Balaban J connectivity index is 1.44. The second kappa shape index (κ2) is 10.0. The molecule has 1 aliphatic carbocycles. The molecule has 2 saturated heterocycles. The molecule has 34 heavy (non-hydrogen) atoms. The Morgan fingerprint density at radius 2 is 1.79 bits per heavy atom. The van der Waals surface area contributed by atoms with E-state index in [9.17, 15) is 9.59 Å². The van der Waals surface area contributed by atoms with Crippen molar-refractivity contribution in [3.63, 3.8) is 0 Å². The Kier molecular flexibility index (Phi) is 7.02. The van der Waals surface area contributed by atoms with Crippen LogP contribution in [0.5, 0.6) is 0 Å². The zero-order chi connectivity index (χ0) is 23.7. The van der Waals surface area contributed by atoms with E-state index in [1.54, 1.807) is 0 Å². The molecule has 0 unspecified atom stereocenters. The molecule has 5 heteroatoms. The standard InChI is InChI=1S/C29H43N3O2/c1-21(2)20-32-28(34)24-13-5-4-12-23(24)26(29(32)15-7-3-8-16-29)27(33)30-19-22-11-10-18-31-17-9-6-14-25(22)31/h4-5,12-13,21-22,25-26H,3,6-11,14-20H2,1-2H3,(H,30,33)/t22-,25+,26-/m0/s1. The highest BCUT2D eigenvalue weighted by Crippen LogP contribution is 2.49. The third-order valence-electron chi connectivity index (χ3n) is 9.12. The van der Waals surface area contributed by atoms with E-state index in [0.717, 1.165) is 49.9 Å². The van der Waals surface area contributed by atoms with E-state index in [-0.39, 0.29) is 23.3 Å². The topological polar surface area (TPSA) is 52.7 Å². The van der Waals surface area contributed by atoms with Crippen molar-refractivity contribution >= 4 is 11.8 Å². The van der Waals surface area contributed by atoms with Crippen LogP contribution in [0.25, 0.3) is 0 Å². The number of rotatable bonds is 5. The van der Waals surface area contributed by atoms with Crippen molar-refractivity contribution in [2.75, 3.05) is 26.2 Å². The maximum absolute atomic E-state index is 14.1. The van der Waals surface area contributed by atoms with Gasteiger partial charge in [0.1, 0.15) is 0 Å². The fourth-order valence-electron chi connectivity index (χ4n) is 7.62. The van der Waals surface area contributed by atoms with Crippen LogP contribution >= 0.6 is 0 Å². The van der Waals surface area contributed by atoms with E-state index in [0.29, 0.717) is 17.9 Å². The van der Waals surface area contributed by atoms with Crippen molar-refractivity contribution in [1.29, 1.82) is 0 Å². The average Bonchev–Trinajstić information content (AvgIpc) is 2.86. The lowest BCUT2D eigenvalue weighted by Crippen LogP contribution is -2.63. The number of carbonyl (C=O) groups excluding carboxylic acids is 2. The Morgan fingerprint density at radius 1 is 1.03 bits per heavy atom. The largest absolute Gasteiger partial charge is 0.355 e. The molecule has 3 heterocycles. The minimum Gasteiger partial charge on any atom is -0.355 e. The molecule has 0 radical (unpaired) electrons. The number of amides is 2. The van der Waals surface area contributed by atoms with Crippen molar-refractivity contribution in [3.05, 3.63) is 35.4 Å². The van der Waals surface area contributed by atoms with E-state index in [2.05, 4.69) is 29.0 Å². The first-order chi connectivity index (χ1) is 16.5. The fraction of sp³-hybridized carbons (Fsp3) is 0.724. The van der Waals surface area contributed by atoms with E-state index < -0.39 is 0 Å². The third kappa shape index (κ3) is 4.29. The van der Waals surface area contributed by atoms with Gasteiger partial charge in [-0.2, -0.15) is 0 Å². The SMILES string of the molecule is CC(C)CN1C(=O)c2ccccc2[C@@H](C(=O)NC[C@@H]2CCCN3CCCC[C@H]23)C12CCCCC2. The smallest absolute Gasteiger partial charge is 0.254 e. The van der Waals surface area contributed by atoms with Crippen molar-refractivity contribution in [3.8, 4) is 0 Å². The van der Waals surface area contributed by atoms with Crippen molar-refractivity contribution in [2.45, 2.75) is 95.6 Å². The molecule has 3 fully saturated rings. The van der Waals surface area contributed by atoms with Crippen LogP contribution < -0.4 is 5.32 Å². The molecule has 1 aromatic rings. The van der Waals surface area contributed by atoms with Crippen molar-refractivity contribution < 1.29 is 9.59 Å². The van der Waals surface area contributed by atoms with E-state index >= 15 is 0 Å². The maximum atomic E-state index is 14.1. The van der Waals surface area contributed by atoms with Gasteiger partial charge in [0.15, 0.2) is 0 Å². The highest BCUT2D eigenvalue weighted by atomic mass is 16.2. The molecule has 3 aliphatic heterocycles. The summed E-state index contributed by atoms with van der Waals surface area (Å²) < 4.78 is 0. The molecule has 2 amide bonds. The van der Waals surface area contributed by atoms with Crippen LogP contribution in [0.3, 0.4) is 0 Å². The molecule has 5 nitrogen and oxygen atoms in total. The molecule has 186 valence electrons. The van der Waals surface area contributed by atoms with Crippen LogP contribution in [0.15, 0.2) is 24.3 Å². The number of nitrogens with one attached hydrogen (secondary N) is 1. The minimum atomic E-state index is -0.387. The zero-order valence-electron chi connectivity index (χ0n) is 21.2. The molecule has 1 spiro atoms. The first-order valence-electron chi connectivity index (χ1n) is 13.9. The summed E-state index contributed by atoms with van der Waals surface area (Å²) in [5.74, 6) is 0.916. The Bertz CT molecular complexity index is 889. The summed E-state index contributed by atoms with van der Waals surface area (Å²) in [7, 11) is 0. The van der Waals surface area contributed by atoms with Gasteiger partial charge in [0.25, 0.3) is 5.91 Å². The molecule has 1 N–H and O–H groups in total. The van der Waals surface area contributed by atoms with E-state index in [4.69, 9.17) is 0 Å². The summed E-state index contributed by atoms with van der Waals surface area (Å²) in [5, 5.41) is 3.45. The molecule has 0 bridgehead atoms. The zero-order valence-corrected chi connectivity index (χ0v) is 21.2. The summed E-state index contributed by atoms with van der Waals surface area (Å²) >= 11 is 0. The number of carbonyl (C=O) groups is 2. The number of nitrogens with zero attached hydrogens (tertiary/aromatic N) is 2. The highest BCUT2D eigenvalue weighted by molar-refractivity contribution is 6.02. The second-order valence-electron chi connectivity index (χ2n) is 11.7. The Hall–Kier alpha value is -1.88. The van der Waals surface area contributed by atoms with Crippen LogP contribution in [-0.4, -0.2) is 59.4 Å². The highest BCUT2D eigenvalue weighted by Gasteiger charge is 2.54. The summed E-state index contributed by atoms with van der Waals surface area (Å²) in [6, 6.07) is 8.55. The van der Waals surface area contributed by atoms with Crippen LogP contribution in [0, 0.1) is 11.8 Å². The number of fused-ring (bicyclic) bond motifs is 2. The maximum Gasteiger partial charge on any atom is 0.254 e. The summed E-state index contributed by atoms with van der Waals surface area (Å²) in [6.07, 6.45) is 11.6. The normalized spacial score (nSPS) is 29.1. The summed E-state index contributed by atoms with van der Waals surface area (Å²) in [6.45, 7) is 8.29. The van der Waals surface area contributed by atoms with Crippen LogP contribution in [0.4, 0.5) is 0 Å². The quantitative estimate of drug-likeness (QED) is 0.668. The predicted octanol–water partition coefficient (Wildman–Crippen LogP) is 4.97. The molecular weight excluding hydrogens is 422 g/mol. The van der Waals surface area contributed by atoms with Gasteiger partial charge < -0.3 is 15.1 Å². The molecule has 3 atom stereocenters. The van der Waals surface area contributed by atoms with Crippen LogP contribution in [-0.2, 0) is 4.79 Å². The van der Waals surface area contributed by atoms with Gasteiger partial charge in [-0.05, 0) is 75.1 Å². The van der Waals surface area contributed by atoms with Gasteiger partial charge in [-0.1, -0.05) is 57.7 Å². The minimum absolute atomic E-state index is 0.125. The molecule has 4 aliphatic rings. The average molecular weight is 466 g/mol. The monoisotopic (exact) mass is 465 g/mol. The summed E-state index contributed by atoms with van der Waals surface area (Å²) in [4.78, 5) is 32.6. The summed E-state index contributed by atoms with van der Waals surface area (Å²) in [5.41, 5.74) is 1.30. The Morgan fingerprint density at radius 3 is 2.59 bits per heavy atom. The molecule has 0 aromatic heterocycles. The predicted molar refractivity (Wildman–Crippen MR) is 136 cm³/mol. The first-order valence-corrected chi connectivity index (χ1v) is 13.9. The lowest BCUT2D eigenvalue weighted by atomic mass is 9.65. The molecule has 5 rings (SSSR count). The van der Waals surface area contributed by atoms with Gasteiger partial charge in [0, 0.05) is 24.7 Å². The van der Waals surface area contributed by atoms with E-state index in [1.165, 1.54) is 51.6 Å². The number of piperidine rings is 2. The first kappa shape index (κ1) is 23.8. The van der Waals surface area contributed by atoms with Gasteiger partial charge in [0.2, 0.25) is 5.91 Å².